The van der Waals surface area contributed by atoms with Crippen LogP contribution >= 0.6 is 22.9 Å². The van der Waals surface area contributed by atoms with Crippen molar-refractivity contribution in [3.8, 4) is 22.8 Å². The summed E-state index contributed by atoms with van der Waals surface area (Å²) in [6.45, 7) is 0.191. The van der Waals surface area contributed by atoms with Gasteiger partial charge in [0.25, 0.3) is 0 Å². The van der Waals surface area contributed by atoms with E-state index in [2.05, 4.69) is 10.3 Å². The second kappa shape index (κ2) is 8.02. The predicted octanol–water partition coefficient (Wildman–Crippen LogP) is 3.99. The maximum Gasteiger partial charge on any atom is 0.231 e. The maximum absolute atomic E-state index is 12.3. The van der Waals surface area contributed by atoms with E-state index in [0.717, 1.165) is 5.56 Å². The number of rotatable bonds is 6. The van der Waals surface area contributed by atoms with E-state index < -0.39 is 15.7 Å². The number of aromatic nitrogens is 1. The van der Waals surface area contributed by atoms with Crippen molar-refractivity contribution in [2.45, 2.75) is 11.3 Å². The summed E-state index contributed by atoms with van der Waals surface area (Å²) in [5.41, 5.74) is 1.51. The Morgan fingerprint density at radius 1 is 1.14 bits per heavy atom. The number of fused-ring (bicyclic) bond motifs is 1. The Morgan fingerprint density at radius 3 is 2.69 bits per heavy atom. The van der Waals surface area contributed by atoms with Gasteiger partial charge in [0.1, 0.15) is 0 Å². The van der Waals surface area contributed by atoms with E-state index in [4.69, 9.17) is 21.1 Å². The number of thiazole rings is 1. The van der Waals surface area contributed by atoms with Gasteiger partial charge in [0.05, 0.1) is 16.3 Å². The van der Waals surface area contributed by atoms with E-state index in [9.17, 15) is 13.2 Å². The highest BCUT2D eigenvalue weighted by Crippen LogP contribution is 2.36. The van der Waals surface area contributed by atoms with Crippen LogP contribution in [0.25, 0.3) is 11.3 Å². The smallest absolute Gasteiger partial charge is 0.231 e. The van der Waals surface area contributed by atoms with E-state index in [1.807, 2.05) is 12.1 Å². The minimum Gasteiger partial charge on any atom is -0.454 e. The molecule has 1 N–H and O–H groups in total. The Kier molecular flexibility index (Phi) is 5.44. The number of anilines is 1. The number of nitrogens with one attached hydrogen (secondary N) is 1. The quantitative estimate of drug-likeness (QED) is 0.610. The lowest BCUT2D eigenvalue weighted by molar-refractivity contribution is -0.115. The van der Waals surface area contributed by atoms with Crippen LogP contribution in [0, 0.1) is 0 Å². The highest BCUT2D eigenvalue weighted by molar-refractivity contribution is 7.91. The van der Waals surface area contributed by atoms with E-state index in [1.165, 1.54) is 35.6 Å². The lowest BCUT2D eigenvalue weighted by atomic mass is 10.1. The molecule has 0 aliphatic carbocycles. The number of hydrogen-bond donors (Lipinski definition) is 1. The molecule has 1 aliphatic rings. The van der Waals surface area contributed by atoms with Crippen molar-refractivity contribution in [1.82, 2.24) is 4.98 Å². The fourth-order valence-electron chi connectivity index (χ4n) is 2.69. The van der Waals surface area contributed by atoms with E-state index in [1.54, 1.807) is 11.4 Å². The number of amides is 1. The molecule has 1 aliphatic heterocycles. The molecule has 0 spiro atoms. The zero-order valence-corrected chi connectivity index (χ0v) is 17.3. The van der Waals surface area contributed by atoms with Crippen molar-refractivity contribution in [2.24, 2.45) is 0 Å². The fraction of sp³-hybridized carbons (Fsp3) is 0.158. The molecule has 1 amide bonds. The zero-order chi connectivity index (χ0) is 20.4. The summed E-state index contributed by atoms with van der Waals surface area (Å²) in [6.07, 6.45) is -0.177. The number of halogens is 1. The molecule has 7 nitrogen and oxygen atoms in total. The van der Waals surface area contributed by atoms with Crippen molar-refractivity contribution in [3.05, 3.63) is 52.9 Å². The average molecular weight is 451 g/mol. The maximum atomic E-state index is 12.3. The lowest BCUT2D eigenvalue weighted by Gasteiger charge is -2.05. The van der Waals surface area contributed by atoms with E-state index >= 15 is 0 Å². The van der Waals surface area contributed by atoms with Crippen LogP contribution in [0.2, 0.25) is 5.02 Å². The van der Waals surface area contributed by atoms with Crippen molar-refractivity contribution < 1.29 is 22.7 Å². The second-order valence-corrected chi connectivity index (χ2v) is 9.58. The summed E-state index contributed by atoms with van der Waals surface area (Å²) < 4.78 is 35.3. The molecule has 0 saturated carbocycles. The first-order chi connectivity index (χ1) is 13.9. The van der Waals surface area contributed by atoms with Gasteiger partial charge in [0.15, 0.2) is 26.5 Å². The molecule has 29 heavy (non-hydrogen) atoms. The topological polar surface area (TPSA) is 94.6 Å². The largest absolute Gasteiger partial charge is 0.454 e. The Bertz CT molecular complexity index is 1160. The highest BCUT2D eigenvalue weighted by Gasteiger charge is 2.18. The third kappa shape index (κ3) is 4.52. The summed E-state index contributed by atoms with van der Waals surface area (Å²) in [7, 11) is -3.57. The number of benzene rings is 2. The van der Waals surface area contributed by atoms with Crippen LogP contribution < -0.4 is 14.8 Å². The Morgan fingerprint density at radius 2 is 1.90 bits per heavy atom. The molecule has 3 aromatic rings. The molecule has 2 aromatic carbocycles. The first-order valence-corrected chi connectivity index (χ1v) is 11.5. The van der Waals surface area contributed by atoms with Gasteiger partial charge in [-0.1, -0.05) is 11.6 Å². The lowest BCUT2D eigenvalue weighted by Crippen LogP contribution is -2.17. The Labute approximate surface area is 176 Å². The minimum absolute atomic E-state index is 0.133. The van der Waals surface area contributed by atoms with E-state index in [0.29, 0.717) is 27.3 Å². The van der Waals surface area contributed by atoms with Crippen molar-refractivity contribution in [3.63, 3.8) is 0 Å². The molecule has 0 fully saturated rings. The summed E-state index contributed by atoms with van der Waals surface area (Å²) in [6, 6.07) is 11.3. The van der Waals surface area contributed by atoms with Crippen LogP contribution in [-0.4, -0.2) is 31.9 Å². The van der Waals surface area contributed by atoms with Crippen molar-refractivity contribution in [2.75, 3.05) is 17.9 Å². The number of hydrogen-bond acceptors (Lipinski definition) is 7. The summed E-state index contributed by atoms with van der Waals surface area (Å²) in [5, 5.41) is 5.29. The average Bonchev–Trinajstić information content (AvgIpc) is 3.35. The third-order valence-corrected chi connectivity index (χ3v) is 6.93. The van der Waals surface area contributed by atoms with Crippen LogP contribution in [0.5, 0.6) is 11.5 Å². The second-order valence-electron chi connectivity index (χ2n) is 6.18. The van der Waals surface area contributed by atoms with Gasteiger partial charge in [-0.25, -0.2) is 13.4 Å². The third-order valence-electron chi connectivity index (χ3n) is 4.19. The first kappa shape index (κ1) is 19.7. The zero-order valence-electron chi connectivity index (χ0n) is 14.9. The molecular weight excluding hydrogens is 436 g/mol. The number of sulfone groups is 1. The molecular formula is C19H15ClN2O5S2. The van der Waals surface area contributed by atoms with Gasteiger partial charge in [-0.15, -0.1) is 11.3 Å². The first-order valence-electron chi connectivity index (χ1n) is 8.54. The summed E-state index contributed by atoms with van der Waals surface area (Å²) >= 11 is 7.03. The molecule has 0 radical (unpaired) electrons. The van der Waals surface area contributed by atoms with Crippen LogP contribution in [0.4, 0.5) is 5.13 Å². The molecule has 10 heteroatoms. The number of carbonyl (C=O) groups excluding carboxylic acids is 1. The Hall–Kier alpha value is -2.62. The monoisotopic (exact) mass is 450 g/mol. The van der Waals surface area contributed by atoms with Gasteiger partial charge in [-0.2, -0.15) is 0 Å². The Balaban J connectivity index is 1.37. The number of nitrogens with zero attached hydrogens (tertiary/aromatic N) is 1. The fourth-order valence-corrected chi connectivity index (χ4v) is 4.79. The summed E-state index contributed by atoms with van der Waals surface area (Å²) in [5.74, 6) is 0.600. The molecule has 4 rings (SSSR count). The van der Waals surface area contributed by atoms with Gasteiger partial charge in [0, 0.05) is 22.4 Å². The van der Waals surface area contributed by atoms with Gasteiger partial charge in [0.2, 0.25) is 12.7 Å². The number of carbonyl (C=O) groups is 1. The minimum atomic E-state index is -3.57. The normalized spacial score (nSPS) is 12.7. The van der Waals surface area contributed by atoms with Gasteiger partial charge in [-0.05, 0) is 42.5 Å². The SMILES string of the molecule is O=C(CCS(=O)(=O)c1ccc(Cl)cc1)Nc1nc(-c2ccc3c(c2)OCO3)cs1. The molecule has 0 unspecified atom stereocenters. The predicted molar refractivity (Wildman–Crippen MR) is 110 cm³/mol. The van der Waals surface area contributed by atoms with Crippen molar-refractivity contribution in [1.29, 1.82) is 0 Å². The van der Waals surface area contributed by atoms with Crippen LogP contribution in [-0.2, 0) is 14.6 Å². The molecule has 0 atom stereocenters. The van der Waals surface area contributed by atoms with Crippen molar-refractivity contribution >= 4 is 43.8 Å². The molecule has 1 aromatic heterocycles. The molecule has 150 valence electrons. The molecule has 2 heterocycles. The number of ether oxygens (including phenoxy) is 2. The standard InChI is InChI=1S/C19H15ClN2O5S2/c20-13-2-4-14(5-3-13)29(24,25)8-7-18(23)22-19-21-15(10-28-19)12-1-6-16-17(9-12)27-11-26-16/h1-6,9-10H,7-8,11H2,(H,21,22,23). The molecule has 0 bridgehead atoms. The van der Waals surface area contributed by atoms with Gasteiger partial charge < -0.3 is 14.8 Å². The highest BCUT2D eigenvalue weighted by atomic mass is 35.5. The van der Waals surface area contributed by atoms with E-state index in [-0.39, 0.29) is 23.9 Å². The summed E-state index contributed by atoms with van der Waals surface area (Å²) in [4.78, 5) is 16.7. The van der Waals surface area contributed by atoms with Gasteiger partial charge in [-0.3, -0.25) is 4.79 Å². The van der Waals surface area contributed by atoms with Gasteiger partial charge >= 0.3 is 0 Å². The molecule has 0 saturated heterocycles. The van der Waals surface area contributed by atoms with Crippen LogP contribution in [0.1, 0.15) is 6.42 Å². The van der Waals surface area contributed by atoms with Crippen LogP contribution in [0.3, 0.4) is 0 Å². The van der Waals surface area contributed by atoms with Crippen LogP contribution in [0.15, 0.2) is 52.7 Å².